The molecule has 0 N–H and O–H groups in total. The van der Waals surface area contributed by atoms with Gasteiger partial charge in [0.1, 0.15) is 6.10 Å². The number of carbonyl (C=O) groups is 1. The molecule has 1 unspecified atom stereocenters. The molecule has 11 heavy (non-hydrogen) atoms. The first-order valence-corrected chi connectivity index (χ1v) is 4.13. The second-order valence-corrected chi connectivity index (χ2v) is 3.28. The zero-order valence-electron chi connectivity index (χ0n) is 7.89. The Morgan fingerprint density at radius 2 is 1.91 bits per heavy atom. The summed E-state index contributed by atoms with van der Waals surface area (Å²) in [4.78, 5) is 11.2. The number of Topliss-reactive ketones (excluding diaryl/α,β-unsaturated/α-hetero) is 1. The van der Waals surface area contributed by atoms with Crippen molar-refractivity contribution in [1.29, 1.82) is 0 Å². The smallest absolute Gasteiger partial charge is 0.161 e. The normalized spacial score (nSPS) is 13.5. The highest BCUT2D eigenvalue weighted by Crippen LogP contribution is 2.06. The fourth-order valence-corrected chi connectivity index (χ4v) is 0.766. The Hall–Kier alpha value is -0.370. The molecule has 0 aromatic carbocycles. The number of ether oxygens (including phenoxy) is 1. The van der Waals surface area contributed by atoms with E-state index in [0.29, 0.717) is 12.3 Å². The van der Waals surface area contributed by atoms with E-state index in [4.69, 9.17) is 4.74 Å². The van der Waals surface area contributed by atoms with Crippen molar-refractivity contribution in [2.45, 2.75) is 39.7 Å². The Kier molecular flexibility index (Phi) is 5.12. The minimum Gasteiger partial charge on any atom is -0.374 e. The fourth-order valence-electron chi connectivity index (χ4n) is 0.766. The molecule has 0 spiro atoms. The Bertz CT molecular complexity index is 119. The number of methoxy groups -OCH3 is 1. The first-order chi connectivity index (χ1) is 5.07. The lowest BCUT2D eigenvalue weighted by Gasteiger charge is -2.08. The largest absolute Gasteiger partial charge is 0.374 e. The predicted octanol–water partition coefficient (Wildman–Crippen LogP) is 2.03. The molecule has 0 aromatic rings. The summed E-state index contributed by atoms with van der Waals surface area (Å²) in [6.07, 6.45) is 1.38. The molecule has 0 radical (unpaired) electrons. The highest BCUT2D eigenvalue weighted by Gasteiger charge is 2.11. The molecule has 0 amide bonds. The molecule has 2 nitrogen and oxygen atoms in total. The molecule has 0 saturated carbocycles. The van der Waals surface area contributed by atoms with Gasteiger partial charge in [0.2, 0.25) is 0 Å². The third-order valence-corrected chi connectivity index (χ3v) is 1.78. The van der Waals surface area contributed by atoms with Crippen LogP contribution in [-0.2, 0) is 9.53 Å². The van der Waals surface area contributed by atoms with E-state index in [0.717, 1.165) is 6.42 Å². The van der Waals surface area contributed by atoms with Crippen molar-refractivity contribution < 1.29 is 9.53 Å². The van der Waals surface area contributed by atoms with E-state index in [2.05, 4.69) is 13.8 Å². The first-order valence-electron chi connectivity index (χ1n) is 4.13. The molecule has 0 rings (SSSR count). The van der Waals surface area contributed by atoms with Gasteiger partial charge in [-0.25, -0.2) is 0 Å². The summed E-state index contributed by atoms with van der Waals surface area (Å²) >= 11 is 0. The molecule has 0 aromatic heterocycles. The van der Waals surface area contributed by atoms with Crippen LogP contribution in [0.5, 0.6) is 0 Å². The third-order valence-electron chi connectivity index (χ3n) is 1.78. The van der Waals surface area contributed by atoms with Gasteiger partial charge in [0, 0.05) is 13.5 Å². The average molecular weight is 158 g/mol. The summed E-state index contributed by atoms with van der Waals surface area (Å²) in [6, 6.07) is 0. The topological polar surface area (TPSA) is 26.3 Å². The molecular weight excluding hydrogens is 140 g/mol. The Morgan fingerprint density at radius 1 is 1.36 bits per heavy atom. The van der Waals surface area contributed by atoms with Crippen LogP contribution in [0.2, 0.25) is 0 Å². The molecular formula is C9H18O2. The molecule has 0 aliphatic rings. The van der Waals surface area contributed by atoms with Crippen LogP contribution < -0.4 is 0 Å². The van der Waals surface area contributed by atoms with Gasteiger partial charge in [0.15, 0.2) is 5.78 Å². The van der Waals surface area contributed by atoms with E-state index in [1.54, 1.807) is 14.0 Å². The van der Waals surface area contributed by atoms with Crippen LogP contribution in [0, 0.1) is 5.92 Å². The Morgan fingerprint density at radius 3 is 2.27 bits per heavy atom. The van der Waals surface area contributed by atoms with E-state index >= 15 is 0 Å². The van der Waals surface area contributed by atoms with Gasteiger partial charge in [0.25, 0.3) is 0 Å². The maximum absolute atomic E-state index is 11.2. The van der Waals surface area contributed by atoms with Crippen molar-refractivity contribution in [2.24, 2.45) is 5.92 Å². The van der Waals surface area contributed by atoms with Gasteiger partial charge >= 0.3 is 0 Å². The third kappa shape index (κ3) is 4.96. The molecule has 0 aliphatic carbocycles. The van der Waals surface area contributed by atoms with Gasteiger partial charge in [0.05, 0.1) is 0 Å². The van der Waals surface area contributed by atoms with Crippen LogP contribution in [0.15, 0.2) is 0 Å². The lowest BCUT2D eigenvalue weighted by Crippen LogP contribution is -2.19. The standard InChI is InChI=1S/C9H18O2/c1-7(2)5-6-9(10)8(3)11-4/h7-8H,5-6H2,1-4H3. The number of ketones is 1. The fraction of sp³-hybridized carbons (Fsp3) is 0.889. The summed E-state index contributed by atoms with van der Waals surface area (Å²) in [7, 11) is 1.57. The lowest BCUT2D eigenvalue weighted by atomic mass is 10.0. The lowest BCUT2D eigenvalue weighted by molar-refractivity contribution is -0.128. The van der Waals surface area contributed by atoms with Gasteiger partial charge in [-0.05, 0) is 19.3 Å². The van der Waals surface area contributed by atoms with E-state index < -0.39 is 0 Å². The van der Waals surface area contributed by atoms with Crippen LogP contribution in [0.1, 0.15) is 33.6 Å². The van der Waals surface area contributed by atoms with E-state index in [-0.39, 0.29) is 11.9 Å². The molecule has 1 atom stereocenters. The maximum Gasteiger partial charge on any atom is 0.161 e. The molecule has 0 bridgehead atoms. The van der Waals surface area contributed by atoms with Crippen LogP contribution in [0.4, 0.5) is 0 Å². The van der Waals surface area contributed by atoms with Crippen molar-refractivity contribution in [1.82, 2.24) is 0 Å². The molecule has 0 saturated heterocycles. The zero-order valence-corrected chi connectivity index (χ0v) is 7.89. The first kappa shape index (κ1) is 10.6. The van der Waals surface area contributed by atoms with Gasteiger partial charge < -0.3 is 4.74 Å². The predicted molar refractivity (Wildman–Crippen MR) is 45.6 cm³/mol. The summed E-state index contributed by atoms with van der Waals surface area (Å²) in [5.74, 6) is 0.809. The van der Waals surface area contributed by atoms with E-state index in [1.165, 1.54) is 0 Å². The Balaban J connectivity index is 3.52. The Labute approximate surface area is 68.9 Å². The summed E-state index contributed by atoms with van der Waals surface area (Å²) < 4.78 is 4.89. The van der Waals surface area contributed by atoms with Crippen molar-refractivity contribution in [3.05, 3.63) is 0 Å². The van der Waals surface area contributed by atoms with Crippen molar-refractivity contribution in [2.75, 3.05) is 7.11 Å². The molecule has 66 valence electrons. The summed E-state index contributed by atoms with van der Waals surface area (Å²) in [6.45, 7) is 6.03. The summed E-state index contributed by atoms with van der Waals surface area (Å²) in [5, 5.41) is 0. The van der Waals surface area contributed by atoms with Gasteiger partial charge in [-0.3, -0.25) is 4.79 Å². The van der Waals surface area contributed by atoms with Crippen molar-refractivity contribution >= 4 is 5.78 Å². The SMILES string of the molecule is COC(C)C(=O)CCC(C)C. The molecule has 0 fully saturated rings. The van der Waals surface area contributed by atoms with Gasteiger partial charge in [-0.2, -0.15) is 0 Å². The minimum atomic E-state index is -0.228. The van der Waals surface area contributed by atoms with Crippen LogP contribution in [0.25, 0.3) is 0 Å². The quantitative estimate of drug-likeness (QED) is 0.612. The molecule has 0 aliphatic heterocycles. The van der Waals surface area contributed by atoms with Crippen molar-refractivity contribution in [3.63, 3.8) is 0 Å². The van der Waals surface area contributed by atoms with Gasteiger partial charge in [-0.15, -0.1) is 0 Å². The number of hydrogen-bond acceptors (Lipinski definition) is 2. The summed E-state index contributed by atoms with van der Waals surface area (Å²) in [5.41, 5.74) is 0. The highest BCUT2D eigenvalue weighted by molar-refractivity contribution is 5.82. The minimum absolute atomic E-state index is 0.209. The van der Waals surface area contributed by atoms with Crippen LogP contribution in [-0.4, -0.2) is 19.0 Å². The van der Waals surface area contributed by atoms with E-state index in [1.807, 2.05) is 0 Å². The average Bonchev–Trinajstić information content (AvgIpc) is 1.98. The zero-order chi connectivity index (χ0) is 8.85. The van der Waals surface area contributed by atoms with E-state index in [9.17, 15) is 4.79 Å². The number of rotatable bonds is 5. The molecule has 2 heteroatoms. The van der Waals surface area contributed by atoms with Crippen LogP contribution >= 0.6 is 0 Å². The maximum atomic E-state index is 11.2. The van der Waals surface area contributed by atoms with Crippen LogP contribution in [0.3, 0.4) is 0 Å². The second kappa shape index (κ2) is 5.30. The highest BCUT2D eigenvalue weighted by atomic mass is 16.5. The number of carbonyl (C=O) groups excluding carboxylic acids is 1. The van der Waals surface area contributed by atoms with Gasteiger partial charge in [-0.1, -0.05) is 13.8 Å². The number of hydrogen-bond donors (Lipinski definition) is 0. The monoisotopic (exact) mass is 158 g/mol. The molecule has 0 heterocycles. The second-order valence-electron chi connectivity index (χ2n) is 3.28. The van der Waals surface area contributed by atoms with Crippen molar-refractivity contribution in [3.8, 4) is 0 Å².